The molecule has 3 rings (SSSR count). The lowest BCUT2D eigenvalue weighted by Crippen LogP contribution is -2.16. The number of hydrogen-bond donors (Lipinski definition) is 1. The molecule has 0 bridgehead atoms. The summed E-state index contributed by atoms with van der Waals surface area (Å²) in [6.45, 7) is 2.79. The van der Waals surface area contributed by atoms with E-state index in [4.69, 9.17) is 4.74 Å². The molecule has 0 spiro atoms. The Morgan fingerprint density at radius 2 is 2.05 bits per heavy atom. The highest BCUT2D eigenvalue weighted by Gasteiger charge is 2.20. The zero-order chi connectivity index (χ0) is 13.9. The molecule has 3 nitrogen and oxygen atoms in total. The molecule has 104 valence electrons. The number of nitrogens with one attached hydrogen (secondary N) is 1. The molecule has 0 saturated heterocycles. The summed E-state index contributed by atoms with van der Waals surface area (Å²) in [6, 6.07) is 10.5. The van der Waals surface area contributed by atoms with Crippen molar-refractivity contribution in [2.24, 2.45) is 0 Å². The molecule has 1 N–H and O–H groups in total. The number of hydrogen-bond acceptors (Lipinski definition) is 3. The summed E-state index contributed by atoms with van der Waals surface area (Å²) in [4.78, 5) is 4.37. The Kier molecular flexibility index (Phi) is 4.03. The number of benzene rings is 1. The number of halogens is 1. The lowest BCUT2D eigenvalue weighted by Gasteiger charge is -2.12. The Labute approximate surface area is 127 Å². The van der Waals surface area contributed by atoms with Gasteiger partial charge in [0.15, 0.2) is 0 Å². The van der Waals surface area contributed by atoms with Crippen LogP contribution in [0.3, 0.4) is 0 Å². The minimum Gasteiger partial charge on any atom is -0.457 e. The third-order valence-electron chi connectivity index (χ3n) is 3.28. The summed E-state index contributed by atoms with van der Waals surface area (Å²) >= 11 is 3.43. The van der Waals surface area contributed by atoms with Crippen LogP contribution in [0.15, 0.2) is 41.0 Å². The van der Waals surface area contributed by atoms with Crippen molar-refractivity contribution in [2.75, 3.05) is 0 Å². The number of pyridine rings is 1. The Hall–Kier alpha value is -1.39. The highest BCUT2D eigenvalue weighted by molar-refractivity contribution is 9.10. The predicted octanol–water partition coefficient (Wildman–Crippen LogP) is 4.20. The first-order valence-electron chi connectivity index (χ1n) is 6.83. The predicted molar refractivity (Wildman–Crippen MR) is 83.1 cm³/mol. The fourth-order valence-electron chi connectivity index (χ4n) is 1.96. The van der Waals surface area contributed by atoms with Crippen LogP contribution in [-0.2, 0) is 6.54 Å². The van der Waals surface area contributed by atoms with Crippen LogP contribution >= 0.6 is 15.9 Å². The van der Waals surface area contributed by atoms with Gasteiger partial charge in [-0.25, -0.2) is 0 Å². The van der Waals surface area contributed by atoms with Gasteiger partial charge in [-0.2, -0.15) is 0 Å². The molecule has 0 amide bonds. The fourth-order valence-corrected chi connectivity index (χ4v) is 2.23. The molecule has 0 atom stereocenters. The van der Waals surface area contributed by atoms with E-state index in [0.29, 0.717) is 6.04 Å². The van der Waals surface area contributed by atoms with Gasteiger partial charge in [0.1, 0.15) is 11.5 Å². The van der Waals surface area contributed by atoms with Gasteiger partial charge >= 0.3 is 0 Å². The van der Waals surface area contributed by atoms with Crippen LogP contribution in [0.25, 0.3) is 0 Å². The van der Waals surface area contributed by atoms with E-state index >= 15 is 0 Å². The lowest BCUT2D eigenvalue weighted by molar-refractivity contribution is 0.470. The number of ether oxygens (including phenoxy) is 1. The average Bonchev–Trinajstić information content (AvgIpc) is 3.25. The van der Waals surface area contributed by atoms with Crippen LogP contribution in [-0.4, -0.2) is 11.0 Å². The minimum absolute atomic E-state index is 0.678. The van der Waals surface area contributed by atoms with Gasteiger partial charge in [0, 0.05) is 40.6 Å². The molecule has 1 fully saturated rings. The summed E-state index contributed by atoms with van der Waals surface area (Å²) in [6.07, 6.45) is 4.46. The first-order chi connectivity index (χ1) is 9.70. The molecule has 2 aromatic rings. The van der Waals surface area contributed by atoms with Crippen LogP contribution in [0.1, 0.15) is 24.1 Å². The summed E-state index contributed by atoms with van der Waals surface area (Å²) < 4.78 is 7.04. The SMILES string of the molecule is Cc1cc(Oc2ccc(Br)cc2)c(CNC2CC2)cn1. The van der Waals surface area contributed by atoms with Crippen molar-refractivity contribution in [3.05, 3.63) is 52.3 Å². The second kappa shape index (κ2) is 5.94. The fraction of sp³-hybridized carbons (Fsp3) is 0.312. The van der Waals surface area contributed by atoms with Gasteiger partial charge < -0.3 is 10.1 Å². The first-order valence-corrected chi connectivity index (χ1v) is 7.62. The van der Waals surface area contributed by atoms with Gasteiger partial charge in [0.05, 0.1) is 0 Å². The highest BCUT2D eigenvalue weighted by atomic mass is 79.9. The number of aromatic nitrogens is 1. The summed E-state index contributed by atoms with van der Waals surface area (Å²) in [7, 11) is 0. The molecule has 4 heteroatoms. The van der Waals surface area contributed by atoms with Crippen molar-refractivity contribution in [2.45, 2.75) is 32.4 Å². The lowest BCUT2D eigenvalue weighted by atomic mass is 10.2. The van der Waals surface area contributed by atoms with E-state index in [0.717, 1.165) is 33.8 Å². The maximum Gasteiger partial charge on any atom is 0.135 e. The average molecular weight is 333 g/mol. The molecule has 1 aliphatic rings. The van der Waals surface area contributed by atoms with Crippen molar-refractivity contribution < 1.29 is 4.74 Å². The van der Waals surface area contributed by atoms with Crippen molar-refractivity contribution in [3.63, 3.8) is 0 Å². The normalized spacial score (nSPS) is 14.3. The number of rotatable bonds is 5. The molecule has 0 radical (unpaired) electrons. The highest BCUT2D eigenvalue weighted by Crippen LogP contribution is 2.28. The van der Waals surface area contributed by atoms with E-state index in [2.05, 4.69) is 26.2 Å². The molecule has 1 saturated carbocycles. The van der Waals surface area contributed by atoms with E-state index in [1.165, 1.54) is 12.8 Å². The van der Waals surface area contributed by atoms with Crippen LogP contribution in [0.5, 0.6) is 11.5 Å². The molecular weight excluding hydrogens is 316 g/mol. The van der Waals surface area contributed by atoms with Crippen molar-refractivity contribution >= 4 is 15.9 Å². The smallest absolute Gasteiger partial charge is 0.135 e. The van der Waals surface area contributed by atoms with Gasteiger partial charge in [0.2, 0.25) is 0 Å². The van der Waals surface area contributed by atoms with Crippen LogP contribution in [0.4, 0.5) is 0 Å². The van der Waals surface area contributed by atoms with Crippen molar-refractivity contribution in [3.8, 4) is 11.5 Å². The number of nitrogens with zero attached hydrogens (tertiary/aromatic N) is 1. The Morgan fingerprint density at radius 3 is 2.75 bits per heavy atom. The minimum atomic E-state index is 0.678. The Balaban J connectivity index is 1.78. The van der Waals surface area contributed by atoms with Crippen molar-refractivity contribution in [1.82, 2.24) is 10.3 Å². The standard InChI is InChI=1S/C16H17BrN2O/c1-11-8-16(20-15-6-2-13(17)3-7-15)12(9-18-11)10-19-14-4-5-14/h2-3,6-9,14,19H,4-5,10H2,1H3. The molecule has 20 heavy (non-hydrogen) atoms. The molecule has 1 aromatic heterocycles. The maximum absolute atomic E-state index is 6.00. The Morgan fingerprint density at radius 1 is 1.30 bits per heavy atom. The van der Waals surface area contributed by atoms with Gasteiger partial charge in [-0.05, 0) is 44.0 Å². The van der Waals surface area contributed by atoms with E-state index in [9.17, 15) is 0 Å². The summed E-state index contributed by atoms with van der Waals surface area (Å²) in [5, 5.41) is 3.50. The maximum atomic E-state index is 6.00. The van der Waals surface area contributed by atoms with Gasteiger partial charge in [0.25, 0.3) is 0 Å². The third kappa shape index (κ3) is 3.58. The van der Waals surface area contributed by atoms with Crippen LogP contribution < -0.4 is 10.1 Å². The topological polar surface area (TPSA) is 34.1 Å². The third-order valence-corrected chi connectivity index (χ3v) is 3.81. The molecular formula is C16H17BrN2O. The van der Waals surface area contributed by atoms with E-state index in [1.54, 1.807) is 0 Å². The second-order valence-corrected chi connectivity index (χ2v) is 6.06. The van der Waals surface area contributed by atoms with Gasteiger partial charge in [-0.1, -0.05) is 15.9 Å². The molecule has 0 aliphatic heterocycles. The quantitative estimate of drug-likeness (QED) is 0.891. The zero-order valence-electron chi connectivity index (χ0n) is 11.4. The van der Waals surface area contributed by atoms with E-state index in [-0.39, 0.29) is 0 Å². The molecule has 0 unspecified atom stereocenters. The van der Waals surface area contributed by atoms with Crippen molar-refractivity contribution in [1.29, 1.82) is 0 Å². The van der Waals surface area contributed by atoms with E-state index in [1.807, 2.05) is 43.5 Å². The molecule has 1 aromatic carbocycles. The monoisotopic (exact) mass is 332 g/mol. The second-order valence-electron chi connectivity index (χ2n) is 5.14. The zero-order valence-corrected chi connectivity index (χ0v) is 13.0. The number of aryl methyl sites for hydroxylation is 1. The molecule has 1 aliphatic carbocycles. The Bertz CT molecular complexity index is 594. The van der Waals surface area contributed by atoms with E-state index < -0.39 is 0 Å². The largest absolute Gasteiger partial charge is 0.457 e. The van der Waals surface area contributed by atoms with Crippen LogP contribution in [0, 0.1) is 6.92 Å². The molecule has 1 heterocycles. The first kappa shape index (κ1) is 13.6. The van der Waals surface area contributed by atoms with Gasteiger partial charge in [-0.15, -0.1) is 0 Å². The summed E-state index contributed by atoms with van der Waals surface area (Å²) in [5.41, 5.74) is 2.07. The van der Waals surface area contributed by atoms with Gasteiger partial charge in [-0.3, -0.25) is 4.98 Å². The van der Waals surface area contributed by atoms with Crippen LogP contribution in [0.2, 0.25) is 0 Å². The summed E-state index contributed by atoms with van der Waals surface area (Å²) in [5.74, 6) is 1.72.